The van der Waals surface area contributed by atoms with Crippen LogP contribution in [0.25, 0.3) is 0 Å². The summed E-state index contributed by atoms with van der Waals surface area (Å²) in [7, 11) is 0. The van der Waals surface area contributed by atoms with Gasteiger partial charge in [0.2, 0.25) is 0 Å². The van der Waals surface area contributed by atoms with Crippen LogP contribution in [-0.2, 0) is 11.8 Å². The van der Waals surface area contributed by atoms with Gasteiger partial charge in [0.1, 0.15) is 0 Å². The maximum Gasteiger partial charge on any atom is 0.414 e. The highest BCUT2D eigenvalue weighted by molar-refractivity contribution is 5.26. The molecule has 0 aliphatic heterocycles. The molecule has 1 N–H and O–H groups in total. The third-order valence-electron chi connectivity index (χ3n) is 4.30. The second-order valence-corrected chi connectivity index (χ2v) is 6.17. The highest BCUT2D eigenvalue weighted by atomic mass is 19.4. The van der Waals surface area contributed by atoms with E-state index >= 15 is 0 Å². The lowest BCUT2D eigenvalue weighted by Gasteiger charge is -2.33. The van der Waals surface area contributed by atoms with Gasteiger partial charge >= 0.3 is 6.18 Å². The quantitative estimate of drug-likeness (QED) is 0.803. The number of halogens is 3. The topological polar surface area (TPSA) is 20.2 Å². The average Bonchev–Trinajstić information content (AvgIpc) is 2.54. The Labute approximate surface area is 134 Å². The fraction of sp³-hybridized carbons (Fsp3) is 0.368. The summed E-state index contributed by atoms with van der Waals surface area (Å²) in [6, 6.07) is 18.8. The molecule has 2 aromatic rings. The number of hydrogen-bond donors (Lipinski definition) is 1. The summed E-state index contributed by atoms with van der Waals surface area (Å²) in [6.45, 7) is 1.79. The first-order valence-corrected chi connectivity index (χ1v) is 7.65. The van der Waals surface area contributed by atoms with Crippen molar-refractivity contribution in [3.8, 4) is 0 Å². The van der Waals surface area contributed by atoms with Crippen molar-refractivity contribution in [3.63, 3.8) is 0 Å². The lowest BCUT2D eigenvalue weighted by atomic mass is 9.73. The van der Waals surface area contributed by atoms with Crippen molar-refractivity contribution < 1.29 is 18.3 Å². The number of aryl methyl sites for hydroxylation is 1. The molecule has 0 saturated heterocycles. The summed E-state index contributed by atoms with van der Waals surface area (Å²) < 4.78 is 38.4. The van der Waals surface area contributed by atoms with E-state index in [1.807, 2.05) is 60.7 Å². The maximum absolute atomic E-state index is 12.8. The number of hydrogen-bond acceptors (Lipinski definition) is 1. The van der Waals surface area contributed by atoms with Gasteiger partial charge in [0.05, 0.1) is 0 Å². The van der Waals surface area contributed by atoms with Crippen molar-refractivity contribution in [2.45, 2.75) is 43.9 Å². The molecular weight excluding hydrogens is 301 g/mol. The van der Waals surface area contributed by atoms with E-state index in [0.717, 1.165) is 11.1 Å². The van der Waals surface area contributed by atoms with Gasteiger partial charge in [0.15, 0.2) is 6.10 Å². The van der Waals surface area contributed by atoms with Crippen LogP contribution >= 0.6 is 0 Å². The van der Waals surface area contributed by atoms with Crippen LogP contribution in [0.3, 0.4) is 0 Å². The van der Waals surface area contributed by atoms with E-state index in [0.29, 0.717) is 12.8 Å². The summed E-state index contributed by atoms with van der Waals surface area (Å²) in [6.07, 6.45) is -6.05. The Kier molecular flexibility index (Phi) is 5.47. The van der Waals surface area contributed by atoms with E-state index in [4.69, 9.17) is 0 Å². The first kappa shape index (κ1) is 17.5. The first-order valence-electron chi connectivity index (χ1n) is 7.65. The molecule has 0 bridgehead atoms. The highest BCUT2D eigenvalue weighted by Gasteiger charge is 2.43. The summed E-state index contributed by atoms with van der Waals surface area (Å²) >= 11 is 0. The van der Waals surface area contributed by atoms with E-state index in [1.54, 1.807) is 6.92 Å². The smallest absolute Gasteiger partial charge is 0.384 e. The molecule has 0 heterocycles. The molecule has 124 valence electrons. The minimum atomic E-state index is -4.59. The number of rotatable bonds is 6. The van der Waals surface area contributed by atoms with Crippen LogP contribution in [0, 0.1) is 0 Å². The van der Waals surface area contributed by atoms with Gasteiger partial charge in [-0.25, -0.2) is 0 Å². The van der Waals surface area contributed by atoms with Gasteiger partial charge in [-0.3, -0.25) is 0 Å². The molecule has 2 rings (SSSR count). The van der Waals surface area contributed by atoms with Crippen molar-refractivity contribution in [2.75, 3.05) is 0 Å². The Hall–Kier alpha value is -1.81. The summed E-state index contributed by atoms with van der Waals surface area (Å²) in [5, 5.41) is 9.55. The monoisotopic (exact) mass is 322 g/mol. The predicted octanol–water partition coefficient (Wildman–Crippen LogP) is 4.89. The molecule has 0 aliphatic rings. The van der Waals surface area contributed by atoms with E-state index in [2.05, 4.69) is 0 Å². The van der Waals surface area contributed by atoms with E-state index in [-0.39, 0.29) is 6.42 Å². The molecule has 0 spiro atoms. The molecule has 0 amide bonds. The molecule has 1 nitrogen and oxygen atoms in total. The molecule has 2 unspecified atom stereocenters. The van der Waals surface area contributed by atoms with Crippen LogP contribution in [0.4, 0.5) is 13.2 Å². The third-order valence-corrected chi connectivity index (χ3v) is 4.30. The molecule has 0 fully saturated rings. The van der Waals surface area contributed by atoms with E-state index in [9.17, 15) is 18.3 Å². The van der Waals surface area contributed by atoms with Crippen LogP contribution in [0.5, 0.6) is 0 Å². The van der Waals surface area contributed by atoms with E-state index in [1.165, 1.54) is 0 Å². The summed E-state index contributed by atoms with van der Waals surface area (Å²) in [5.74, 6) is 0. The number of benzene rings is 2. The molecule has 0 radical (unpaired) electrons. The second kappa shape index (κ2) is 7.18. The van der Waals surface area contributed by atoms with E-state index < -0.39 is 17.7 Å². The largest absolute Gasteiger partial charge is 0.414 e. The van der Waals surface area contributed by atoms with Gasteiger partial charge in [-0.2, -0.15) is 13.2 Å². The second-order valence-electron chi connectivity index (χ2n) is 6.17. The summed E-state index contributed by atoms with van der Waals surface area (Å²) in [4.78, 5) is 0. The molecule has 0 aromatic heterocycles. The predicted molar refractivity (Wildman–Crippen MR) is 85.2 cm³/mol. The normalized spacial score (nSPS) is 15.9. The zero-order valence-corrected chi connectivity index (χ0v) is 13.1. The highest BCUT2D eigenvalue weighted by Crippen LogP contribution is 2.37. The van der Waals surface area contributed by atoms with Gasteiger partial charge in [-0.1, -0.05) is 67.6 Å². The average molecular weight is 322 g/mol. The van der Waals surface area contributed by atoms with Gasteiger partial charge in [0, 0.05) is 0 Å². The van der Waals surface area contributed by atoms with Crippen LogP contribution in [0.1, 0.15) is 30.9 Å². The lowest BCUT2D eigenvalue weighted by Crippen LogP contribution is -2.37. The lowest BCUT2D eigenvalue weighted by molar-refractivity contribution is -0.209. The maximum atomic E-state index is 12.8. The van der Waals surface area contributed by atoms with Crippen LogP contribution in [0.2, 0.25) is 0 Å². The van der Waals surface area contributed by atoms with Gasteiger partial charge in [-0.05, 0) is 35.8 Å². The molecule has 4 heteroatoms. The van der Waals surface area contributed by atoms with Gasteiger partial charge < -0.3 is 5.11 Å². The first-order chi connectivity index (χ1) is 10.8. The fourth-order valence-corrected chi connectivity index (χ4v) is 2.81. The number of aliphatic hydroxyl groups is 1. The van der Waals surface area contributed by atoms with Gasteiger partial charge in [0.25, 0.3) is 0 Å². The Bertz CT molecular complexity index is 595. The Morgan fingerprint density at radius 2 is 1.43 bits per heavy atom. The van der Waals surface area contributed by atoms with Crippen molar-refractivity contribution in [2.24, 2.45) is 0 Å². The SMILES string of the molecule is CC(CCc1ccccc1)(CC(O)C(F)(F)F)c1ccccc1. The van der Waals surface area contributed by atoms with Crippen LogP contribution in [0.15, 0.2) is 60.7 Å². The molecule has 23 heavy (non-hydrogen) atoms. The van der Waals surface area contributed by atoms with Crippen molar-refractivity contribution in [1.29, 1.82) is 0 Å². The Morgan fingerprint density at radius 3 is 1.96 bits per heavy atom. The zero-order valence-electron chi connectivity index (χ0n) is 13.1. The van der Waals surface area contributed by atoms with Crippen LogP contribution in [-0.4, -0.2) is 17.4 Å². The van der Waals surface area contributed by atoms with Crippen molar-refractivity contribution >= 4 is 0 Å². The molecule has 2 aromatic carbocycles. The van der Waals surface area contributed by atoms with Gasteiger partial charge in [-0.15, -0.1) is 0 Å². The number of alkyl halides is 3. The minimum absolute atomic E-state index is 0.340. The van der Waals surface area contributed by atoms with Crippen LogP contribution < -0.4 is 0 Å². The molecule has 0 saturated carbocycles. The summed E-state index contributed by atoms with van der Waals surface area (Å²) in [5.41, 5.74) is 1.15. The molecule has 0 aliphatic carbocycles. The minimum Gasteiger partial charge on any atom is -0.384 e. The zero-order chi connectivity index (χ0) is 16.9. The fourth-order valence-electron chi connectivity index (χ4n) is 2.81. The Balaban J connectivity index is 2.21. The van der Waals surface area contributed by atoms with Crippen molar-refractivity contribution in [1.82, 2.24) is 0 Å². The molecule has 2 atom stereocenters. The Morgan fingerprint density at radius 1 is 0.913 bits per heavy atom. The molecular formula is C19H21F3O. The van der Waals surface area contributed by atoms with Crippen molar-refractivity contribution in [3.05, 3.63) is 71.8 Å². The standard InChI is InChI=1S/C19H21F3O/c1-18(14-17(23)19(20,21)22,16-10-6-3-7-11-16)13-12-15-8-4-2-5-9-15/h2-11,17,23H,12-14H2,1H3. The third kappa shape index (κ3) is 4.83. The number of aliphatic hydroxyl groups excluding tert-OH is 1.